The maximum Gasteiger partial charge on any atom is 0.294 e. The molecule has 0 unspecified atom stereocenters. The molecule has 35 heavy (non-hydrogen) atoms. The van der Waals surface area contributed by atoms with Gasteiger partial charge in [0.25, 0.3) is 10.1 Å². The van der Waals surface area contributed by atoms with Crippen molar-refractivity contribution < 1.29 is 21.4 Å². The molecule has 0 aliphatic heterocycles. The van der Waals surface area contributed by atoms with E-state index in [2.05, 4.69) is 29.4 Å². The molecule has 0 aliphatic rings. The lowest BCUT2D eigenvalue weighted by Gasteiger charge is -2.08. The average molecular weight is 514 g/mol. The van der Waals surface area contributed by atoms with Crippen molar-refractivity contribution in [3.05, 3.63) is 82.5 Å². The topological polar surface area (TPSA) is 174 Å². The number of nitrogen functional groups attached to an aromatic ring is 1. The molecule has 3 rings (SSSR count). The SMILES string of the molecule is [C-]#[N+]c1ccc(S(=O)(=O)NCCCc2nc(N)nc(Cc3cccc(S(=O)(=O)O)c3)n2)cc1[N+]#[C-]. The summed E-state index contributed by atoms with van der Waals surface area (Å²) < 4.78 is 59.3. The molecule has 0 spiro atoms. The molecule has 0 aliphatic carbocycles. The fourth-order valence-electron chi connectivity index (χ4n) is 3.07. The summed E-state index contributed by atoms with van der Waals surface area (Å²) in [5.74, 6) is 0.574. The van der Waals surface area contributed by atoms with Gasteiger partial charge >= 0.3 is 0 Å². The number of nitrogens with one attached hydrogen (secondary N) is 1. The Kier molecular flexibility index (Phi) is 7.73. The fourth-order valence-corrected chi connectivity index (χ4v) is 4.71. The second-order valence-electron chi connectivity index (χ2n) is 7.20. The minimum atomic E-state index is -4.35. The van der Waals surface area contributed by atoms with Crippen LogP contribution in [0.15, 0.2) is 52.3 Å². The van der Waals surface area contributed by atoms with E-state index in [9.17, 15) is 21.4 Å². The predicted molar refractivity (Wildman–Crippen MR) is 126 cm³/mol. The maximum atomic E-state index is 12.5. The smallest absolute Gasteiger partial charge is 0.294 e. The normalized spacial score (nSPS) is 11.5. The third kappa shape index (κ3) is 6.78. The van der Waals surface area contributed by atoms with E-state index in [-0.39, 0.29) is 52.3 Å². The molecular weight excluding hydrogens is 494 g/mol. The molecule has 1 heterocycles. The van der Waals surface area contributed by atoms with Crippen molar-refractivity contribution in [1.29, 1.82) is 0 Å². The molecule has 1 aromatic heterocycles. The lowest BCUT2D eigenvalue weighted by molar-refractivity contribution is 0.483. The monoisotopic (exact) mass is 513 g/mol. The van der Waals surface area contributed by atoms with Crippen LogP contribution in [0.5, 0.6) is 0 Å². The van der Waals surface area contributed by atoms with Gasteiger partial charge in [-0.3, -0.25) is 14.2 Å². The van der Waals surface area contributed by atoms with Crippen LogP contribution in [0.1, 0.15) is 23.6 Å². The van der Waals surface area contributed by atoms with E-state index in [1.165, 1.54) is 30.3 Å². The maximum absolute atomic E-state index is 12.5. The van der Waals surface area contributed by atoms with E-state index in [0.717, 1.165) is 6.07 Å². The molecular formula is C21H19N7O5S2. The molecule has 0 saturated heterocycles. The summed E-state index contributed by atoms with van der Waals surface area (Å²) in [4.78, 5) is 18.4. The molecule has 0 amide bonds. The summed E-state index contributed by atoms with van der Waals surface area (Å²) in [7, 11) is -8.24. The summed E-state index contributed by atoms with van der Waals surface area (Å²) in [6, 6.07) is 9.39. The lowest BCUT2D eigenvalue weighted by atomic mass is 10.1. The van der Waals surface area contributed by atoms with Gasteiger partial charge in [0.1, 0.15) is 11.6 Å². The third-order valence-electron chi connectivity index (χ3n) is 4.67. The van der Waals surface area contributed by atoms with E-state index in [1.54, 1.807) is 6.07 Å². The van der Waals surface area contributed by atoms with Crippen molar-refractivity contribution in [1.82, 2.24) is 19.7 Å². The Balaban J connectivity index is 1.64. The van der Waals surface area contributed by atoms with Crippen molar-refractivity contribution in [3.63, 3.8) is 0 Å². The van der Waals surface area contributed by atoms with Gasteiger partial charge in [-0.2, -0.15) is 18.4 Å². The third-order valence-corrected chi connectivity index (χ3v) is 6.98. The molecule has 0 bridgehead atoms. The van der Waals surface area contributed by atoms with Gasteiger partial charge in [-0.15, -0.1) is 0 Å². The van der Waals surface area contributed by atoms with Crippen LogP contribution >= 0.6 is 0 Å². The van der Waals surface area contributed by atoms with Crippen LogP contribution in [0.3, 0.4) is 0 Å². The zero-order valence-electron chi connectivity index (χ0n) is 18.1. The van der Waals surface area contributed by atoms with E-state index < -0.39 is 20.1 Å². The van der Waals surface area contributed by atoms with Gasteiger partial charge in [-0.05, 0) is 30.2 Å². The highest BCUT2D eigenvalue weighted by Crippen LogP contribution is 2.30. The number of nitrogens with two attached hydrogens (primary N) is 1. The molecule has 12 nitrogen and oxygen atoms in total. The standard InChI is InChI=1S/C21H19N7O5S2/c1-23-17-9-8-15(13-18(17)24-2)34(29,30)25-10-4-7-19-26-20(28-21(22)27-19)12-14-5-3-6-16(11-14)35(31,32)33/h3,5-6,8-9,11,13,25H,4,7,10,12H2,(H,31,32,33)(H2,22,26,27,28). The number of hydrogen-bond acceptors (Lipinski definition) is 8. The zero-order valence-corrected chi connectivity index (χ0v) is 19.7. The van der Waals surface area contributed by atoms with Crippen LogP contribution in [0.4, 0.5) is 17.3 Å². The van der Waals surface area contributed by atoms with Gasteiger partial charge in [0.15, 0.2) is 11.4 Å². The molecule has 0 saturated carbocycles. The number of nitrogens with zero attached hydrogens (tertiary/aromatic N) is 5. The average Bonchev–Trinajstić information content (AvgIpc) is 2.80. The Bertz CT molecular complexity index is 1560. The van der Waals surface area contributed by atoms with Crippen LogP contribution in [-0.2, 0) is 33.0 Å². The lowest BCUT2D eigenvalue weighted by Crippen LogP contribution is -2.25. The first-order valence-corrected chi connectivity index (χ1v) is 12.9. The second-order valence-corrected chi connectivity index (χ2v) is 10.4. The molecule has 0 fully saturated rings. The highest BCUT2D eigenvalue weighted by atomic mass is 32.2. The van der Waals surface area contributed by atoms with E-state index >= 15 is 0 Å². The van der Waals surface area contributed by atoms with Gasteiger partial charge < -0.3 is 5.73 Å². The molecule has 4 N–H and O–H groups in total. The van der Waals surface area contributed by atoms with Crippen molar-refractivity contribution in [2.75, 3.05) is 12.3 Å². The van der Waals surface area contributed by atoms with Crippen LogP contribution in [0.25, 0.3) is 9.69 Å². The summed E-state index contributed by atoms with van der Waals surface area (Å²) in [6.07, 6.45) is 0.743. The van der Waals surface area contributed by atoms with Crippen LogP contribution in [0.2, 0.25) is 0 Å². The zero-order chi connectivity index (χ0) is 25.6. The molecule has 3 aromatic rings. The van der Waals surface area contributed by atoms with Crippen molar-refractivity contribution in [3.8, 4) is 0 Å². The van der Waals surface area contributed by atoms with Crippen LogP contribution in [-0.4, -0.2) is 42.9 Å². The Morgan fingerprint density at radius 2 is 1.63 bits per heavy atom. The number of sulfonamides is 1. The first-order valence-electron chi connectivity index (χ1n) is 9.96. The number of hydrogen-bond donors (Lipinski definition) is 3. The number of anilines is 1. The highest BCUT2D eigenvalue weighted by Gasteiger charge is 2.16. The Morgan fingerprint density at radius 3 is 2.31 bits per heavy atom. The molecule has 2 aromatic carbocycles. The van der Waals surface area contributed by atoms with Crippen molar-refractivity contribution in [2.45, 2.75) is 29.1 Å². The van der Waals surface area contributed by atoms with E-state index in [1.807, 2.05) is 0 Å². The number of rotatable bonds is 9. The Hall–Kier alpha value is -3.95. The summed E-state index contributed by atoms with van der Waals surface area (Å²) in [5.41, 5.74) is 6.33. The first kappa shape index (κ1) is 25.7. The van der Waals surface area contributed by atoms with Crippen molar-refractivity contribution >= 4 is 37.5 Å². The van der Waals surface area contributed by atoms with Crippen LogP contribution in [0, 0.1) is 13.1 Å². The van der Waals surface area contributed by atoms with E-state index in [0.29, 0.717) is 17.8 Å². The largest absolute Gasteiger partial charge is 0.368 e. The fraction of sp³-hybridized carbons (Fsp3) is 0.190. The molecule has 180 valence electrons. The van der Waals surface area contributed by atoms with E-state index in [4.69, 9.17) is 18.9 Å². The summed E-state index contributed by atoms with van der Waals surface area (Å²) >= 11 is 0. The van der Waals surface area contributed by atoms with Crippen molar-refractivity contribution in [2.24, 2.45) is 0 Å². The minimum absolute atomic E-state index is 0.0388. The summed E-state index contributed by atoms with van der Waals surface area (Å²) in [5, 5.41) is 0. The van der Waals surface area contributed by atoms with Gasteiger partial charge in [0.05, 0.1) is 22.9 Å². The second kappa shape index (κ2) is 10.5. The molecule has 0 atom stereocenters. The Labute approximate surface area is 202 Å². The predicted octanol–water partition coefficient (Wildman–Crippen LogP) is 2.30. The minimum Gasteiger partial charge on any atom is -0.368 e. The molecule has 0 radical (unpaired) electrons. The van der Waals surface area contributed by atoms with Crippen LogP contribution < -0.4 is 10.5 Å². The number of benzene rings is 2. The van der Waals surface area contributed by atoms with Gasteiger partial charge in [-0.1, -0.05) is 24.3 Å². The van der Waals surface area contributed by atoms with Gasteiger partial charge in [0, 0.05) is 19.4 Å². The first-order chi connectivity index (χ1) is 16.5. The van der Waals surface area contributed by atoms with Gasteiger partial charge in [-0.25, -0.2) is 18.1 Å². The quantitative estimate of drug-likeness (QED) is 0.220. The Morgan fingerprint density at radius 1 is 0.914 bits per heavy atom. The number of aryl methyl sites for hydroxylation is 1. The number of aromatic nitrogens is 3. The molecule has 14 heteroatoms. The highest BCUT2D eigenvalue weighted by molar-refractivity contribution is 7.89. The van der Waals surface area contributed by atoms with Gasteiger partial charge in [0.2, 0.25) is 16.0 Å². The summed E-state index contributed by atoms with van der Waals surface area (Å²) in [6.45, 7) is 14.2.